The summed E-state index contributed by atoms with van der Waals surface area (Å²) in [6.07, 6.45) is 1.85. The average Bonchev–Trinajstić information content (AvgIpc) is 3.96. The maximum Gasteiger partial charge on any atom is 0.298 e. The molecule has 0 aliphatic rings. The number of fused-ring (bicyclic) bond motifs is 7. The van der Waals surface area contributed by atoms with E-state index in [2.05, 4.69) is 133 Å². The van der Waals surface area contributed by atoms with E-state index in [-0.39, 0.29) is 16.5 Å². The first-order valence-corrected chi connectivity index (χ1v) is 20.6. The third kappa shape index (κ3) is 5.71. The summed E-state index contributed by atoms with van der Waals surface area (Å²) < 4.78 is 36.8. The third-order valence-corrected chi connectivity index (χ3v) is 12.2. The van der Waals surface area contributed by atoms with Crippen LogP contribution in [-0.4, -0.2) is 24.1 Å². The molecule has 0 fully saturated rings. The van der Waals surface area contributed by atoms with Crippen LogP contribution in [0.1, 0.15) is 43.0 Å². The summed E-state index contributed by atoms with van der Waals surface area (Å²) in [5.41, 5.74) is 11.3. The fourth-order valence-corrected chi connectivity index (χ4v) is 9.26. The molecule has 0 spiro atoms. The van der Waals surface area contributed by atoms with Crippen molar-refractivity contribution in [1.29, 1.82) is 0 Å². The van der Waals surface area contributed by atoms with Crippen molar-refractivity contribution in [3.63, 3.8) is 0 Å². The molecule has 0 saturated carbocycles. The van der Waals surface area contributed by atoms with Gasteiger partial charge in [-0.05, 0) is 83.6 Å². The SMILES string of the molecule is Cc1cccnc1-n1c2ccccc2c2ccc(-c3cccc4c3nc(-c3ccc(C(C)(C)C)c5c3[nH]c3ccc(C(F)(F)c6ccccc6)cc35)n4-c3ccccc3)cc21. The highest BCUT2D eigenvalue weighted by molar-refractivity contribution is 6.15. The number of pyridine rings is 1. The van der Waals surface area contributed by atoms with Gasteiger partial charge in [-0.3, -0.25) is 9.13 Å². The third-order valence-electron chi connectivity index (χ3n) is 12.2. The van der Waals surface area contributed by atoms with Crippen LogP contribution >= 0.6 is 0 Å². The zero-order valence-electron chi connectivity index (χ0n) is 34.2. The first-order valence-electron chi connectivity index (χ1n) is 20.6. The van der Waals surface area contributed by atoms with Crippen LogP contribution in [-0.2, 0) is 11.3 Å². The van der Waals surface area contributed by atoms with Crippen molar-refractivity contribution in [2.24, 2.45) is 0 Å². The summed E-state index contributed by atoms with van der Waals surface area (Å²) in [4.78, 5) is 14.1. The minimum Gasteiger partial charge on any atom is -0.354 e. The smallest absolute Gasteiger partial charge is 0.298 e. The van der Waals surface area contributed by atoms with Crippen LogP contribution in [0.15, 0.2) is 170 Å². The van der Waals surface area contributed by atoms with Gasteiger partial charge in [0.25, 0.3) is 5.92 Å². The molecule has 61 heavy (non-hydrogen) atoms. The number of H-pyrrole nitrogens is 1. The van der Waals surface area contributed by atoms with Gasteiger partial charge in [0.05, 0.1) is 27.6 Å². The minimum absolute atomic E-state index is 0.0363. The predicted octanol–water partition coefficient (Wildman–Crippen LogP) is 14.2. The Hall–Kier alpha value is -7.38. The number of alkyl halides is 2. The summed E-state index contributed by atoms with van der Waals surface area (Å²) in [7, 11) is 0. The second kappa shape index (κ2) is 13.6. The van der Waals surface area contributed by atoms with Gasteiger partial charge in [0.2, 0.25) is 0 Å². The normalized spacial score (nSPS) is 12.4. The Balaban J connectivity index is 1.17. The van der Waals surface area contributed by atoms with Crippen LogP contribution in [0.3, 0.4) is 0 Å². The van der Waals surface area contributed by atoms with Gasteiger partial charge in [-0.2, -0.15) is 8.78 Å². The van der Waals surface area contributed by atoms with E-state index in [1.807, 2.05) is 30.5 Å². The number of aromatic nitrogens is 5. The monoisotopic (exact) mass is 797 g/mol. The van der Waals surface area contributed by atoms with Crippen LogP contribution in [0.5, 0.6) is 0 Å². The number of hydrogen-bond acceptors (Lipinski definition) is 2. The van der Waals surface area contributed by atoms with Crippen LogP contribution in [0.4, 0.5) is 8.78 Å². The van der Waals surface area contributed by atoms with Crippen molar-refractivity contribution in [2.75, 3.05) is 0 Å². The molecule has 0 saturated heterocycles. The molecule has 4 aromatic heterocycles. The first-order chi connectivity index (χ1) is 29.6. The molecule has 0 aliphatic heterocycles. The Morgan fingerprint density at radius 2 is 1.31 bits per heavy atom. The molecule has 0 radical (unpaired) electrons. The molecule has 7 heteroatoms. The highest BCUT2D eigenvalue weighted by Gasteiger charge is 2.35. The van der Waals surface area contributed by atoms with E-state index < -0.39 is 5.92 Å². The Morgan fingerprint density at radius 3 is 2.10 bits per heavy atom. The second-order valence-corrected chi connectivity index (χ2v) is 17.0. The largest absolute Gasteiger partial charge is 0.354 e. The molecule has 11 rings (SSSR count). The number of aryl methyl sites for hydroxylation is 1. The number of halogens is 2. The molecule has 1 N–H and O–H groups in total. The summed E-state index contributed by atoms with van der Waals surface area (Å²) in [6.45, 7) is 8.60. The average molecular weight is 798 g/mol. The van der Waals surface area contributed by atoms with E-state index in [1.165, 1.54) is 23.6 Å². The van der Waals surface area contributed by atoms with Crippen molar-refractivity contribution >= 4 is 54.6 Å². The lowest BCUT2D eigenvalue weighted by Gasteiger charge is -2.22. The summed E-state index contributed by atoms with van der Waals surface area (Å²) in [5, 5.41) is 3.99. The van der Waals surface area contributed by atoms with E-state index in [0.29, 0.717) is 0 Å². The molecular weight excluding hydrogens is 757 g/mol. The quantitative estimate of drug-likeness (QED) is 0.182. The molecule has 5 nitrogen and oxygen atoms in total. The van der Waals surface area contributed by atoms with Crippen molar-refractivity contribution in [2.45, 2.75) is 39.0 Å². The fraction of sp³-hybridized carbons (Fsp3) is 0.111. The maximum atomic E-state index is 16.2. The van der Waals surface area contributed by atoms with Gasteiger partial charge >= 0.3 is 0 Å². The standard InChI is InChI=1S/C54H41F2N5/c1-33-15-14-30-57-51(33)61-45-22-12-11-20-39(45)40-26-24-34(31-47(40)61)38-21-13-23-46-49(38)59-52(60(46)37-18-9-6-10-19-37)41-27-28-43(53(2,3)4)48-42-32-36(25-29-44(42)58-50(41)48)54(55,56)35-16-7-5-8-17-35/h5-32,58H,1-4H3. The van der Waals surface area contributed by atoms with Crippen LogP contribution in [0, 0.1) is 6.92 Å². The van der Waals surface area contributed by atoms with E-state index in [1.54, 1.807) is 30.3 Å². The Kier molecular flexibility index (Phi) is 8.16. The van der Waals surface area contributed by atoms with Gasteiger partial charge in [0.1, 0.15) is 11.6 Å². The zero-order chi connectivity index (χ0) is 41.6. The molecule has 7 aromatic carbocycles. The Bertz CT molecular complexity index is 3500. The van der Waals surface area contributed by atoms with Crippen molar-refractivity contribution in [1.82, 2.24) is 24.1 Å². The number of imidazole rings is 1. The van der Waals surface area contributed by atoms with Gasteiger partial charge in [-0.1, -0.05) is 130 Å². The summed E-state index contributed by atoms with van der Waals surface area (Å²) in [5.74, 6) is -1.53. The minimum atomic E-state index is -3.18. The zero-order valence-corrected chi connectivity index (χ0v) is 34.2. The molecule has 296 valence electrons. The van der Waals surface area contributed by atoms with Crippen molar-refractivity contribution < 1.29 is 8.78 Å². The lowest BCUT2D eigenvalue weighted by Crippen LogP contribution is -2.15. The lowest BCUT2D eigenvalue weighted by atomic mass is 9.83. The fourth-order valence-electron chi connectivity index (χ4n) is 9.26. The number of para-hydroxylation sites is 3. The number of nitrogens with zero attached hydrogens (tertiary/aromatic N) is 4. The molecule has 0 atom stereocenters. The second-order valence-electron chi connectivity index (χ2n) is 17.0. The van der Waals surface area contributed by atoms with Gasteiger partial charge < -0.3 is 4.98 Å². The number of benzene rings is 7. The molecule has 0 bridgehead atoms. The van der Waals surface area contributed by atoms with Gasteiger partial charge in [-0.25, -0.2) is 9.97 Å². The topological polar surface area (TPSA) is 51.4 Å². The highest BCUT2D eigenvalue weighted by Crippen LogP contribution is 2.45. The van der Waals surface area contributed by atoms with E-state index in [4.69, 9.17) is 9.97 Å². The Morgan fingerprint density at radius 1 is 0.574 bits per heavy atom. The van der Waals surface area contributed by atoms with Crippen molar-refractivity contribution in [3.05, 3.63) is 192 Å². The maximum absolute atomic E-state index is 16.2. The van der Waals surface area contributed by atoms with Gasteiger partial charge in [0, 0.05) is 61.2 Å². The van der Waals surface area contributed by atoms with E-state index >= 15 is 8.78 Å². The highest BCUT2D eigenvalue weighted by atomic mass is 19.3. The van der Waals surface area contributed by atoms with Crippen LogP contribution in [0.2, 0.25) is 0 Å². The lowest BCUT2D eigenvalue weighted by molar-refractivity contribution is 0.0430. The first kappa shape index (κ1) is 36.7. The predicted molar refractivity (Wildman–Crippen MR) is 246 cm³/mol. The molecule has 0 unspecified atom stereocenters. The molecule has 4 heterocycles. The molecular formula is C54H41F2N5. The summed E-state index contributed by atoms with van der Waals surface area (Å²) in [6, 6.07) is 53.2. The van der Waals surface area contributed by atoms with Crippen LogP contribution in [0.25, 0.3) is 88.7 Å². The molecule has 0 amide bonds. The number of rotatable bonds is 6. The number of aromatic amines is 1. The summed E-state index contributed by atoms with van der Waals surface area (Å²) >= 11 is 0. The van der Waals surface area contributed by atoms with Crippen LogP contribution < -0.4 is 0 Å². The van der Waals surface area contributed by atoms with E-state index in [9.17, 15) is 0 Å². The Labute approximate surface area is 351 Å². The molecule has 0 aliphatic carbocycles. The number of hydrogen-bond donors (Lipinski definition) is 1. The van der Waals surface area contributed by atoms with Crippen molar-refractivity contribution in [3.8, 4) is 34.0 Å². The van der Waals surface area contributed by atoms with Gasteiger partial charge in [0.15, 0.2) is 0 Å². The molecule has 11 aromatic rings. The van der Waals surface area contributed by atoms with Gasteiger partial charge in [-0.15, -0.1) is 0 Å². The van der Waals surface area contributed by atoms with E-state index in [0.717, 1.165) is 94.4 Å². The number of nitrogens with one attached hydrogen (secondary N) is 1.